The van der Waals surface area contributed by atoms with Gasteiger partial charge in [0.05, 0.1) is 13.0 Å². The lowest BCUT2D eigenvalue weighted by molar-refractivity contribution is -0.151. The Bertz CT molecular complexity index is 289. The van der Waals surface area contributed by atoms with Gasteiger partial charge in [0.15, 0.2) is 0 Å². The van der Waals surface area contributed by atoms with Crippen LogP contribution in [0.25, 0.3) is 0 Å². The minimum absolute atomic E-state index is 0.0263. The zero-order valence-corrected chi connectivity index (χ0v) is 7.54. The van der Waals surface area contributed by atoms with Gasteiger partial charge in [-0.15, -0.1) is 0 Å². The summed E-state index contributed by atoms with van der Waals surface area (Å²) in [5.74, 6) is -2.18. The van der Waals surface area contributed by atoms with Crippen molar-refractivity contribution in [1.82, 2.24) is 0 Å². The summed E-state index contributed by atoms with van der Waals surface area (Å²) < 4.78 is 18.2. The molecular weight excluding hydrogens is 175 g/mol. The van der Waals surface area contributed by atoms with Gasteiger partial charge in [0, 0.05) is 12.3 Å². The van der Waals surface area contributed by atoms with E-state index in [1.807, 2.05) is 0 Å². The molecule has 0 spiro atoms. The number of esters is 1. The topological polar surface area (TPSA) is 43.4 Å². The van der Waals surface area contributed by atoms with E-state index < -0.39 is 23.5 Å². The van der Waals surface area contributed by atoms with Crippen molar-refractivity contribution in [3.8, 4) is 0 Å². The smallest absolute Gasteiger partial charge is 0.344 e. The fourth-order valence-corrected chi connectivity index (χ4v) is 2.55. The first kappa shape index (κ1) is 8.66. The van der Waals surface area contributed by atoms with E-state index in [-0.39, 0.29) is 11.7 Å². The van der Waals surface area contributed by atoms with Gasteiger partial charge in [-0.3, -0.25) is 4.79 Å². The maximum Gasteiger partial charge on any atom is 0.344 e. The maximum absolute atomic E-state index is 13.8. The predicted molar refractivity (Wildman–Crippen MR) is 41.6 cm³/mol. The van der Waals surface area contributed by atoms with Crippen molar-refractivity contribution in [3.63, 3.8) is 0 Å². The molecule has 0 heterocycles. The number of alkyl halides is 1. The first-order valence-corrected chi connectivity index (χ1v) is 4.33. The van der Waals surface area contributed by atoms with Gasteiger partial charge in [-0.05, 0) is 5.92 Å². The molecule has 2 aliphatic rings. The van der Waals surface area contributed by atoms with Crippen molar-refractivity contribution >= 4 is 11.8 Å². The van der Waals surface area contributed by atoms with E-state index >= 15 is 0 Å². The predicted octanol–water partition coefficient (Wildman–Crippen LogP) is 0.723. The van der Waals surface area contributed by atoms with Crippen LogP contribution in [0.2, 0.25) is 0 Å². The molecule has 2 aliphatic carbocycles. The quantitative estimate of drug-likeness (QED) is 0.567. The molecule has 0 N–H and O–H groups in total. The Morgan fingerprint density at radius 1 is 1.69 bits per heavy atom. The van der Waals surface area contributed by atoms with E-state index in [4.69, 9.17) is 0 Å². The molecule has 0 aromatic carbocycles. The number of fused-ring (bicyclic) bond motifs is 1. The molecule has 0 amide bonds. The van der Waals surface area contributed by atoms with Crippen LogP contribution in [0.1, 0.15) is 13.3 Å². The summed E-state index contributed by atoms with van der Waals surface area (Å²) >= 11 is 0. The molecule has 0 aliphatic heterocycles. The van der Waals surface area contributed by atoms with Crippen LogP contribution in [0.4, 0.5) is 4.39 Å². The normalized spacial score (nSPS) is 47.3. The van der Waals surface area contributed by atoms with Gasteiger partial charge in [-0.1, -0.05) is 6.92 Å². The highest BCUT2D eigenvalue weighted by Crippen LogP contribution is 2.64. The van der Waals surface area contributed by atoms with Crippen molar-refractivity contribution < 1.29 is 18.7 Å². The fraction of sp³-hybridized carbons (Fsp3) is 0.778. The zero-order valence-electron chi connectivity index (χ0n) is 7.54. The maximum atomic E-state index is 13.8. The molecule has 4 heteroatoms. The summed E-state index contributed by atoms with van der Waals surface area (Å²) in [5.41, 5.74) is -2.00. The third-order valence-electron chi connectivity index (χ3n) is 3.17. The van der Waals surface area contributed by atoms with E-state index in [9.17, 15) is 14.0 Å². The van der Waals surface area contributed by atoms with Crippen LogP contribution in [0.5, 0.6) is 0 Å². The Hall–Kier alpha value is -0.930. The summed E-state index contributed by atoms with van der Waals surface area (Å²) in [6.07, 6.45) is 0.401. The van der Waals surface area contributed by atoms with Crippen LogP contribution < -0.4 is 0 Å². The number of halogens is 1. The molecule has 0 radical (unpaired) electrons. The van der Waals surface area contributed by atoms with Crippen LogP contribution in [-0.2, 0) is 14.3 Å². The van der Waals surface area contributed by atoms with Crippen LogP contribution in [0, 0.1) is 17.8 Å². The van der Waals surface area contributed by atoms with Gasteiger partial charge < -0.3 is 4.74 Å². The van der Waals surface area contributed by atoms with Crippen LogP contribution in [0.15, 0.2) is 0 Å². The lowest BCUT2D eigenvalue weighted by Gasteiger charge is -2.11. The highest BCUT2D eigenvalue weighted by Gasteiger charge is 2.79. The number of Topliss-reactive ketones (excluding diaryl/α,β-unsaturated/α-hetero) is 1. The number of hydrogen-bond acceptors (Lipinski definition) is 3. The number of carbonyl (C=O) groups excluding carboxylic acids is 2. The number of methoxy groups -OCH3 is 1. The van der Waals surface area contributed by atoms with Gasteiger partial charge in [-0.25, -0.2) is 9.18 Å². The molecule has 2 saturated carbocycles. The van der Waals surface area contributed by atoms with Crippen molar-refractivity contribution in [2.24, 2.45) is 17.8 Å². The Balaban J connectivity index is 2.24. The first-order valence-electron chi connectivity index (χ1n) is 4.33. The summed E-state index contributed by atoms with van der Waals surface area (Å²) in [7, 11) is 1.15. The number of carbonyl (C=O) groups is 2. The van der Waals surface area contributed by atoms with Gasteiger partial charge in [-0.2, -0.15) is 0 Å². The average Bonchev–Trinajstić information content (AvgIpc) is 2.60. The van der Waals surface area contributed by atoms with Crippen LogP contribution >= 0.6 is 0 Å². The third-order valence-corrected chi connectivity index (χ3v) is 3.17. The molecule has 0 saturated heterocycles. The second-order valence-corrected chi connectivity index (χ2v) is 3.91. The highest BCUT2D eigenvalue weighted by molar-refractivity contribution is 6.00. The summed E-state index contributed by atoms with van der Waals surface area (Å²) in [4.78, 5) is 22.3. The van der Waals surface area contributed by atoms with E-state index in [1.165, 1.54) is 0 Å². The summed E-state index contributed by atoms with van der Waals surface area (Å²) in [6.45, 7) is 1.80. The third kappa shape index (κ3) is 0.833. The lowest BCUT2D eigenvalue weighted by atomic mass is 10.0. The van der Waals surface area contributed by atoms with E-state index in [2.05, 4.69) is 4.74 Å². The molecule has 0 bridgehead atoms. The van der Waals surface area contributed by atoms with Crippen molar-refractivity contribution in [1.29, 1.82) is 0 Å². The average molecular weight is 186 g/mol. The van der Waals surface area contributed by atoms with Crippen LogP contribution in [0.3, 0.4) is 0 Å². The molecule has 72 valence electrons. The van der Waals surface area contributed by atoms with Crippen molar-refractivity contribution in [3.05, 3.63) is 0 Å². The molecule has 0 aromatic rings. The molecule has 2 rings (SSSR count). The first-order chi connectivity index (χ1) is 6.03. The van der Waals surface area contributed by atoms with E-state index in [1.54, 1.807) is 6.92 Å². The van der Waals surface area contributed by atoms with E-state index in [0.717, 1.165) is 7.11 Å². The highest BCUT2D eigenvalue weighted by atomic mass is 19.1. The lowest BCUT2D eigenvalue weighted by Crippen LogP contribution is -2.28. The minimum atomic E-state index is -2.00. The number of ether oxygens (including phenoxy) is 1. The standard InChI is InChI=1S/C9H11FO3/c1-4-3-5(11)7-6(4)9(7,10)8(12)13-2/h4,6-7H,3H2,1-2H3/t4-,6+,7-,9+/m0/s1. The van der Waals surface area contributed by atoms with E-state index in [0.29, 0.717) is 6.42 Å². The van der Waals surface area contributed by atoms with Gasteiger partial charge >= 0.3 is 5.97 Å². The zero-order chi connectivity index (χ0) is 9.80. The second kappa shape index (κ2) is 2.30. The Kier molecular flexibility index (Phi) is 1.54. The Morgan fingerprint density at radius 2 is 2.31 bits per heavy atom. The second-order valence-electron chi connectivity index (χ2n) is 3.91. The molecule has 0 unspecified atom stereocenters. The number of rotatable bonds is 1. The summed E-state index contributed by atoms with van der Waals surface area (Å²) in [6, 6.07) is 0. The molecule has 4 atom stereocenters. The number of hydrogen-bond donors (Lipinski definition) is 0. The molecule has 3 nitrogen and oxygen atoms in total. The van der Waals surface area contributed by atoms with Crippen molar-refractivity contribution in [2.45, 2.75) is 19.0 Å². The number of ketones is 1. The molecule has 0 aromatic heterocycles. The molecular formula is C9H11FO3. The monoisotopic (exact) mass is 186 g/mol. The van der Waals surface area contributed by atoms with Crippen molar-refractivity contribution in [2.75, 3.05) is 7.11 Å². The Labute approximate surface area is 75.2 Å². The molecule has 13 heavy (non-hydrogen) atoms. The summed E-state index contributed by atoms with van der Waals surface area (Å²) in [5, 5.41) is 0. The van der Waals surface area contributed by atoms with Crippen LogP contribution in [-0.4, -0.2) is 24.5 Å². The fourth-order valence-electron chi connectivity index (χ4n) is 2.55. The van der Waals surface area contributed by atoms with Gasteiger partial charge in [0.25, 0.3) is 0 Å². The van der Waals surface area contributed by atoms with Gasteiger partial charge in [0.1, 0.15) is 5.78 Å². The Morgan fingerprint density at radius 3 is 2.69 bits per heavy atom. The SMILES string of the molecule is COC(=O)[C@@]1(F)[C@@H]2[C@@H](C)CC(=O)[C@@H]21. The van der Waals surface area contributed by atoms with Gasteiger partial charge in [0.2, 0.25) is 5.67 Å². The molecule has 2 fully saturated rings. The minimum Gasteiger partial charge on any atom is -0.467 e. The largest absolute Gasteiger partial charge is 0.467 e.